The van der Waals surface area contributed by atoms with Gasteiger partial charge in [0.25, 0.3) is 0 Å². The minimum Gasteiger partial charge on any atom is -0.462 e. The number of amides is 1. The summed E-state index contributed by atoms with van der Waals surface area (Å²) in [6.07, 6.45) is 1.60. The van der Waals surface area contributed by atoms with Crippen molar-refractivity contribution in [2.75, 3.05) is 11.9 Å². The number of anilines is 1. The Morgan fingerprint density at radius 3 is 2.53 bits per heavy atom. The third-order valence-corrected chi connectivity index (χ3v) is 5.09. The first kappa shape index (κ1) is 24.6. The van der Waals surface area contributed by atoms with Crippen LogP contribution >= 0.6 is 0 Å². The number of benzene rings is 2. The molecule has 1 heterocycles. The van der Waals surface area contributed by atoms with Crippen LogP contribution in [-0.4, -0.2) is 41.3 Å². The number of alkyl carbamates (subject to hydrolysis) is 1. The first-order chi connectivity index (χ1) is 16.2. The van der Waals surface area contributed by atoms with E-state index in [1.54, 1.807) is 52.0 Å². The van der Waals surface area contributed by atoms with E-state index in [-0.39, 0.29) is 6.61 Å². The third-order valence-electron chi connectivity index (χ3n) is 5.09. The van der Waals surface area contributed by atoms with Crippen LogP contribution < -0.4 is 10.6 Å². The van der Waals surface area contributed by atoms with Crippen molar-refractivity contribution < 1.29 is 19.1 Å². The largest absolute Gasteiger partial charge is 0.462 e. The van der Waals surface area contributed by atoms with Gasteiger partial charge in [-0.25, -0.2) is 9.59 Å². The summed E-state index contributed by atoms with van der Waals surface area (Å²) in [7, 11) is 0. The summed E-state index contributed by atoms with van der Waals surface area (Å²) in [6, 6.07) is 15.3. The predicted molar refractivity (Wildman–Crippen MR) is 131 cm³/mol. The van der Waals surface area contributed by atoms with Crippen LogP contribution in [0.3, 0.4) is 0 Å². The van der Waals surface area contributed by atoms with Crippen LogP contribution in [0.15, 0.2) is 54.7 Å². The second-order valence-corrected chi connectivity index (χ2v) is 8.83. The molecule has 34 heavy (non-hydrogen) atoms. The van der Waals surface area contributed by atoms with Gasteiger partial charge in [-0.05, 0) is 57.9 Å². The third kappa shape index (κ3) is 6.29. The van der Waals surface area contributed by atoms with Gasteiger partial charge in [-0.15, -0.1) is 0 Å². The number of carbonyl (C=O) groups excluding carboxylic acids is 2. The number of hydrogen-bond donors (Lipinski definition) is 3. The Bertz CT molecular complexity index is 1190. The number of nitriles is 1. The van der Waals surface area contributed by atoms with Gasteiger partial charge in [0.15, 0.2) is 0 Å². The number of para-hydroxylation sites is 2. The van der Waals surface area contributed by atoms with E-state index in [1.807, 2.05) is 30.5 Å². The van der Waals surface area contributed by atoms with Crippen molar-refractivity contribution in [2.24, 2.45) is 0 Å². The van der Waals surface area contributed by atoms with Crippen molar-refractivity contribution >= 4 is 28.7 Å². The molecule has 0 saturated heterocycles. The number of fused-ring (bicyclic) bond motifs is 1. The molecule has 0 aliphatic rings. The van der Waals surface area contributed by atoms with E-state index in [2.05, 4.69) is 21.7 Å². The smallest absolute Gasteiger partial charge is 0.407 e. The first-order valence-electron chi connectivity index (χ1n) is 11.2. The minimum absolute atomic E-state index is 0.234. The molecule has 8 nitrogen and oxygen atoms in total. The molecule has 1 aromatic heterocycles. The summed E-state index contributed by atoms with van der Waals surface area (Å²) >= 11 is 0. The molecular formula is C26H30N4O4. The molecule has 0 radical (unpaired) electrons. The van der Waals surface area contributed by atoms with Gasteiger partial charge in [0.2, 0.25) is 0 Å². The highest BCUT2D eigenvalue weighted by atomic mass is 16.6. The Kier molecular flexibility index (Phi) is 7.79. The lowest BCUT2D eigenvalue weighted by Gasteiger charge is -2.27. The second-order valence-electron chi connectivity index (χ2n) is 8.83. The van der Waals surface area contributed by atoms with E-state index >= 15 is 0 Å². The normalized spacial score (nSPS) is 12.9. The van der Waals surface area contributed by atoms with Crippen molar-refractivity contribution in [2.45, 2.75) is 51.8 Å². The number of aromatic nitrogens is 1. The summed E-state index contributed by atoms with van der Waals surface area (Å²) < 4.78 is 10.6. The Labute approximate surface area is 199 Å². The molecule has 1 unspecified atom stereocenters. The Morgan fingerprint density at radius 1 is 1.12 bits per heavy atom. The van der Waals surface area contributed by atoms with E-state index in [1.165, 1.54) is 0 Å². The predicted octanol–water partition coefficient (Wildman–Crippen LogP) is 4.78. The molecule has 178 valence electrons. The highest BCUT2D eigenvalue weighted by Crippen LogP contribution is 2.23. The number of nitrogens with one attached hydrogen (secondary N) is 3. The zero-order valence-corrected chi connectivity index (χ0v) is 19.8. The Balaban J connectivity index is 1.91. The molecule has 3 aromatic rings. The van der Waals surface area contributed by atoms with Crippen LogP contribution in [0.4, 0.5) is 10.5 Å². The topological polar surface area (TPSA) is 116 Å². The molecule has 0 bridgehead atoms. The van der Waals surface area contributed by atoms with Gasteiger partial charge in [0.1, 0.15) is 11.6 Å². The van der Waals surface area contributed by atoms with Crippen LogP contribution in [-0.2, 0) is 15.9 Å². The number of nitrogens with zero attached hydrogens (tertiary/aromatic N) is 1. The zero-order valence-electron chi connectivity index (χ0n) is 19.8. The van der Waals surface area contributed by atoms with Gasteiger partial charge in [-0.1, -0.05) is 30.3 Å². The lowest BCUT2D eigenvalue weighted by atomic mass is 9.99. The highest BCUT2D eigenvalue weighted by Gasteiger charge is 2.28. The Hall–Kier alpha value is -3.99. The molecule has 3 N–H and O–H groups in total. The maximum atomic E-state index is 12.6. The van der Waals surface area contributed by atoms with Gasteiger partial charge in [-0.2, -0.15) is 5.26 Å². The summed E-state index contributed by atoms with van der Waals surface area (Å²) in [5.74, 6) is -0.490. The van der Waals surface area contributed by atoms with E-state index < -0.39 is 29.7 Å². The van der Waals surface area contributed by atoms with Crippen molar-refractivity contribution in [3.8, 4) is 6.07 Å². The van der Waals surface area contributed by atoms with Gasteiger partial charge in [-0.3, -0.25) is 0 Å². The number of esters is 1. The lowest BCUT2D eigenvalue weighted by molar-refractivity contribution is 0.0497. The van der Waals surface area contributed by atoms with E-state index in [0.29, 0.717) is 17.7 Å². The quantitative estimate of drug-likeness (QED) is 0.415. The second kappa shape index (κ2) is 10.8. The summed E-state index contributed by atoms with van der Waals surface area (Å²) in [5.41, 5.74) is 1.97. The van der Waals surface area contributed by atoms with Crippen LogP contribution in [0.1, 0.15) is 43.6 Å². The molecule has 2 atom stereocenters. The Morgan fingerprint density at radius 2 is 1.82 bits per heavy atom. The van der Waals surface area contributed by atoms with Crippen molar-refractivity contribution in [1.82, 2.24) is 10.3 Å². The fourth-order valence-corrected chi connectivity index (χ4v) is 3.63. The van der Waals surface area contributed by atoms with Crippen LogP contribution in [0, 0.1) is 11.3 Å². The maximum Gasteiger partial charge on any atom is 0.407 e. The number of rotatable bonds is 8. The van der Waals surface area contributed by atoms with E-state index in [4.69, 9.17) is 9.47 Å². The molecule has 2 aromatic carbocycles. The van der Waals surface area contributed by atoms with Crippen molar-refractivity contribution in [3.63, 3.8) is 0 Å². The molecule has 0 aliphatic heterocycles. The van der Waals surface area contributed by atoms with Gasteiger partial charge >= 0.3 is 12.1 Å². The highest BCUT2D eigenvalue weighted by molar-refractivity contribution is 5.95. The van der Waals surface area contributed by atoms with Gasteiger partial charge < -0.3 is 25.1 Å². The average molecular weight is 463 g/mol. The van der Waals surface area contributed by atoms with E-state index in [0.717, 1.165) is 16.5 Å². The molecule has 1 amide bonds. The molecule has 0 saturated carbocycles. The SMILES string of the molecule is CCOC(=O)c1ccccc1NC(C#N)[C@H](Cc1c[nH]c2ccccc12)NC(=O)OC(C)(C)C. The summed E-state index contributed by atoms with van der Waals surface area (Å²) in [5, 5.41) is 17.0. The zero-order chi connectivity index (χ0) is 24.7. The monoisotopic (exact) mass is 462 g/mol. The van der Waals surface area contributed by atoms with Crippen molar-refractivity contribution in [1.29, 1.82) is 5.26 Å². The van der Waals surface area contributed by atoms with Crippen molar-refractivity contribution in [3.05, 3.63) is 65.9 Å². The maximum absolute atomic E-state index is 12.6. The van der Waals surface area contributed by atoms with Crippen LogP contribution in [0.5, 0.6) is 0 Å². The van der Waals surface area contributed by atoms with Gasteiger partial charge in [0, 0.05) is 22.8 Å². The van der Waals surface area contributed by atoms with Crippen LogP contribution in [0.2, 0.25) is 0 Å². The number of H-pyrrole nitrogens is 1. The molecule has 0 spiro atoms. The fraction of sp³-hybridized carbons (Fsp3) is 0.346. The molecule has 0 fully saturated rings. The average Bonchev–Trinajstić information content (AvgIpc) is 3.19. The minimum atomic E-state index is -0.864. The molecule has 0 aliphatic carbocycles. The van der Waals surface area contributed by atoms with E-state index in [9.17, 15) is 14.9 Å². The van der Waals surface area contributed by atoms with Gasteiger partial charge in [0.05, 0.1) is 24.3 Å². The lowest BCUT2D eigenvalue weighted by Crippen LogP contribution is -2.49. The molecule has 3 rings (SSSR count). The standard InChI is InChI=1S/C26H30N4O4/c1-5-33-24(31)19-11-7-9-13-21(19)29-23(15-27)22(30-25(32)34-26(2,3)4)14-17-16-28-20-12-8-6-10-18(17)20/h6-13,16,22-23,28-29H,5,14H2,1-4H3,(H,30,32)/t22-,23?/m0/s1. The van der Waals surface area contributed by atoms with Crippen LogP contribution in [0.25, 0.3) is 10.9 Å². The number of ether oxygens (including phenoxy) is 2. The summed E-state index contributed by atoms with van der Waals surface area (Å²) in [4.78, 5) is 28.3. The fourth-order valence-electron chi connectivity index (χ4n) is 3.63. The first-order valence-corrected chi connectivity index (χ1v) is 11.2. The molecule has 8 heteroatoms. The number of aromatic amines is 1. The number of hydrogen-bond acceptors (Lipinski definition) is 6. The molecular weight excluding hydrogens is 432 g/mol. The summed E-state index contributed by atoms with van der Waals surface area (Å²) in [6.45, 7) is 7.29. The number of carbonyl (C=O) groups is 2.